The number of Topliss-reactive ketones (excluding diaryl/α,β-unsaturated/α-hetero) is 1. The molecular weight excluding hydrogens is 436 g/mol. The summed E-state index contributed by atoms with van der Waals surface area (Å²) in [6.07, 6.45) is 0. The summed E-state index contributed by atoms with van der Waals surface area (Å²) in [4.78, 5) is 38.4. The molecule has 34 heavy (non-hydrogen) atoms. The molecule has 0 saturated carbocycles. The number of aryl methyl sites for hydroxylation is 2. The van der Waals surface area contributed by atoms with Crippen LogP contribution in [-0.2, 0) is 9.59 Å². The Morgan fingerprint density at radius 1 is 1.00 bits per heavy atom. The normalized spacial score (nSPS) is 17.1. The van der Waals surface area contributed by atoms with Gasteiger partial charge in [-0.05, 0) is 55.3 Å². The predicted molar refractivity (Wildman–Crippen MR) is 127 cm³/mol. The molecule has 172 valence electrons. The second-order valence-corrected chi connectivity index (χ2v) is 8.06. The molecule has 0 aromatic heterocycles. The lowest BCUT2D eigenvalue weighted by Crippen LogP contribution is -2.29. The third kappa shape index (κ3) is 3.90. The number of rotatable bonds is 5. The van der Waals surface area contributed by atoms with Crippen molar-refractivity contribution in [2.24, 2.45) is 0 Å². The Morgan fingerprint density at radius 3 is 2.21 bits per heavy atom. The second kappa shape index (κ2) is 8.82. The molecule has 4 rings (SSSR count). The van der Waals surface area contributed by atoms with Gasteiger partial charge in [-0.3, -0.25) is 24.6 Å². The maximum absolute atomic E-state index is 13.3. The number of ketones is 1. The molecule has 1 atom stereocenters. The lowest BCUT2D eigenvalue weighted by atomic mass is 9.94. The largest absolute Gasteiger partial charge is 0.507 e. The lowest BCUT2D eigenvalue weighted by Gasteiger charge is -2.27. The number of non-ortho nitro benzene ring substituents is 1. The van der Waals surface area contributed by atoms with E-state index in [1.165, 1.54) is 36.3 Å². The third-order valence-corrected chi connectivity index (χ3v) is 5.71. The molecule has 1 aliphatic rings. The Labute approximate surface area is 195 Å². The summed E-state index contributed by atoms with van der Waals surface area (Å²) in [5, 5.41) is 22.2. The highest BCUT2D eigenvalue weighted by Crippen LogP contribution is 2.45. The minimum atomic E-state index is -0.965. The fraction of sp³-hybridized carbons (Fsp3) is 0.154. The maximum Gasteiger partial charge on any atom is 0.300 e. The summed E-state index contributed by atoms with van der Waals surface area (Å²) in [5.74, 6) is -1.62. The fourth-order valence-corrected chi connectivity index (χ4v) is 4.27. The Morgan fingerprint density at radius 2 is 1.62 bits per heavy atom. The summed E-state index contributed by atoms with van der Waals surface area (Å²) in [6, 6.07) is 16.7. The van der Waals surface area contributed by atoms with Gasteiger partial charge in [-0.1, -0.05) is 24.3 Å². The first-order chi connectivity index (χ1) is 16.2. The van der Waals surface area contributed by atoms with Crippen LogP contribution in [0.1, 0.15) is 28.3 Å². The minimum Gasteiger partial charge on any atom is -0.507 e. The molecule has 8 nitrogen and oxygen atoms in total. The number of ether oxygens (including phenoxy) is 1. The Kier molecular flexibility index (Phi) is 5.89. The Balaban J connectivity index is 1.97. The molecule has 1 aliphatic heterocycles. The fourth-order valence-electron chi connectivity index (χ4n) is 4.27. The van der Waals surface area contributed by atoms with E-state index in [2.05, 4.69) is 0 Å². The minimum absolute atomic E-state index is 0.123. The highest BCUT2D eigenvalue weighted by atomic mass is 16.6. The van der Waals surface area contributed by atoms with Gasteiger partial charge in [-0.25, -0.2) is 0 Å². The first-order valence-electron chi connectivity index (χ1n) is 10.5. The number of para-hydroxylation sites is 1. The van der Waals surface area contributed by atoms with Crippen LogP contribution in [-0.4, -0.2) is 28.8 Å². The summed E-state index contributed by atoms with van der Waals surface area (Å²) >= 11 is 0. The highest BCUT2D eigenvalue weighted by Gasteiger charge is 2.48. The average Bonchev–Trinajstić information content (AvgIpc) is 3.08. The van der Waals surface area contributed by atoms with E-state index in [-0.39, 0.29) is 16.8 Å². The van der Waals surface area contributed by atoms with Crippen molar-refractivity contribution in [3.8, 4) is 5.75 Å². The quantitative estimate of drug-likeness (QED) is 0.192. The first kappa shape index (κ1) is 22.7. The SMILES string of the molecule is COc1ccccc1C1/C(=C(\O)c2ccc([N+](=O)[O-])cc2)C(=O)C(=O)N1c1cc(C)cc(C)c1. The van der Waals surface area contributed by atoms with Crippen molar-refractivity contribution in [2.75, 3.05) is 12.0 Å². The van der Waals surface area contributed by atoms with E-state index in [0.717, 1.165) is 11.1 Å². The number of nitrogens with zero attached hydrogens (tertiary/aromatic N) is 2. The number of carbonyl (C=O) groups is 2. The topological polar surface area (TPSA) is 110 Å². The van der Waals surface area contributed by atoms with E-state index < -0.39 is 28.4 Å². The molecule has 3 aromatic carbocycles. The Bertz CT molecular complexity index is 1320. The molecule has 8 heteroatoms. The molecule has 1 heterocycles. The van der Waals surface area contributed by atoms with Gasteiger partial charge in [0.05, 0.1) is 23.6 Å². The van der Waals surface area contributed by atoms with Gasteiger partial charge in [0.2, 0.25) is 0 Å². The van der Waals surface area contributed by atoms with Crippen molar-refractivity contribution >= 4 is 28.8 Å². The molecule has 1 saturated heterocycles. The molecule has 0 bridgehead atoms. The number of aliphatic hydroxyl groups excluding tert-OH is 1. The van der Waals surface area contributed by atoms with Crippen LogP contribution in [0.3, 0.4) is 0 Å². The summed E-state index contributed by atoms with van der Waals surface area (Å²) in [6.45, 7) is 3.78. The van der Waals surface area contributed by atoms with Crippen molar-refractivity contribution in [3.63, 3.8) is 0 Å². The summed E-state index contributed by atoms with van der Waals surface area (Å²) in [5.41, 5.74) is 2.75. The number of amides is 1. The number of benzene rings is 3. The van der Waals surface area contributed by atoms with E-state index >= 15 is 0 Å². The number of hydrogen-bond donors (Lipinski definition) is 1. The number of nitro benzene ring substituents is 1. The van der Waals surface area contributed by atoms with Gasteiger partial charge in [0.1, 0.15) is 11.5 Å². The van der Waals surface area contributed by atoms with Crippen LogP contribution < -0.4 is 9.64 Å². The molecule has 1 amide bonds. The molecule has 1 fully saturated rings. The highest BCUT2D eigenvalue weighted by molar-refractivity contribution is 6.51. The zero-order valence-electron chi connectivity index (χ0n) is 18.8. The van der Waals surface area contributed by atoms with Gasteiger partial charge < -0.3 is 9.84 Å². The first-order valence-corrected chi connectivity index (χ1v) is 10.5. The van der Waals surface area contributed by atoms with E-state index in [9.17, 15) is 24.8 Å². The molecule has 1 N–H and O–H groups in total. The van der Waals surface area contributed by atoms with Gasteiger partial charge in [0.15, 0.2) is 0 Å². The van der Waals surface area contributed by atoms with Crippen LogP contribution in [0.4, 0.5) is 11.4 Å². The standard InChI is InChI=1S/C26H22N2O6/c1-15-12-16(2)14-19(13-15)27-23(20-6-4-5-7-21(20)34-3)22(25(30)26(27)31)24(29)17-8-10-18(11-9-17)28(32)33/h4-14,23,29H,1-3H3/b24-22+. The zero-order chi connectivity index (χ0) is 24.6. The number of hydrogen-bond acceptors (Lipinski definition) is 6. The molecule has 0 spiro atoms. The number of carbonyl (C=O) groups excluding carboxylic acids is 2. The zero-order valence-corrected chi connectivity index (χ0v) is 18.8. The van der Waals surface area contributed by atoms with Gasteiger partial charge in [-0.2, -0.15) is 0 Å². The van der Waals surface area contributed by atoms with E-state index in [1.807, 2.05) is 19.9 Å². The predicted octanol–water partition coefficient (Wildman–Crippen LogP) is 4.85. The van der Waals surface area contributed by atoms with Crippen LogP contribution in [0.25, 0.3) is 5.76 Å². The van der Waals surface area contributed by atoms with Crippen LogP contribution in [0.5, 0.6) is 5.75 Å². The van der Waals surface area contributed by atoms with Crippen LogP contribution in [0.2, 0.25) is 0 Å². The van der Waals surface area contributed by atoms with E-state index in [4.69, 9.17) is 4.74 Å². The van der Waals surface area contributed by atoms with Crippen molar-refractivity contribution in [2.45, 2.75) is 19.9 Å². The Hall–Kier alpha value is -4.46. The lowest BCUT2D eigenvalue weighted by molar-refractivity contribution is -0.384. The molecule has 0 radical (unpaired) electrons. The third-order valence-electron chi connectivity index (χ3n) is 5.71. The van der Waals surface area contributed by atoms with Gasteiger partial charge in [0.25, 0.3) is 17.4 Å². The van der Waals surface area contributed by atoms with Crippen molar-refractivity contribution < 1.29 is 24.4 Å². The van der Waals surface area contributed by atoms with Gasteiger partial charge in [0, 0.05) is 28.9 Å². The summed E-state index contributed by atoms with van der Waals surface area (Å²) in [7, 11) is 1.48. The van der Waals surface area contributed by atoms with Crippen LogP contribution in [0, 0.1) is 24.0 Å². The van der Waals surface area contributed by atoms with E-state index in [0.29, 0.717) is 17.0 Å². The molecular formula is C26H22N2O6. The molecule has 3 aromatic rings. The van der Waals surface area contributed by atoms with Gasteiger partial charge >= 0.3 is 0 Å². The van der Waals surface area contributed by atoms with Gasteiger partial charge in [-0.15, -0.1) is 0 Å². The average molecular weight is 458 g/mol. The number of methoxy groups -OCH3 is 1. The second-order valence-electron chi connectivity index (χ2n) is 8.06. The van der Waals surface area contributed by atoms with Crippen molar-refractivity contribution in [1.29, 1.82) is 0 Å². The monoisotopic (exact) mass is 458 g/mol. The maximum atomic E-state index is 13.3. The summed E-state index contributed by atoms with van der Waals surface area (Å²) < 4.78 is 5.51. The number of nitro groups is 1. The van der Waals surface area contributed by atoms with Crippen molar-refractivity contribution in [3.05, 3.63) is 105 Å². The van der Waals surface area contributed by atoms with Crippen LogP contribution >= 0.6 is 0 Å². The number of aliphatic hydroxyl groups is 1. The molecule has 0 aliphatic carbocycles. The number of anilines is 1. The molecule has 1 unspecified atom stereocenters. The van der Waals surface area contributed by atoms with E-state index in [1.54, 1.807) is 36.4 Å². The van der Waals surface area contributed by atoms with Crippen LogP contribution in [0.15, 0.2) is 72.3 Å². The smallest absolute Gasteiger partial charge is 0.300 e. The van der Waals surface area contributed by atoms with Crippen molar-refractivity contribution in [1.82, 2.24) is 0 Å².